The topological polar surface area (TPSA) is 62.9 Å². The normalized spacial score (nSPS) is 17.4. The molecule has 3 rings (SSSR count). The molecule has 0 aliphatic carbocycles. The van der Waals surface area contributed by atoms with Crippen LogP contribution in [0.3, 0.4) is 0 Å². The van der Waals surface area contributed by atoms with Crippen LogP contribution in [0.4, 0.5) is 0 Å². The van der Waals surface area contributed by atoms with E-state index in [1.54, 1.807) is 0 Å². The first-order valence-corrected chi connectivity index (χ1v) is 9.72. The van der Waals surface area contributed by atoms with Crippen molar-refractivity contribution in [3.63, 3.8) is 0 Å². The van der Waals surface area contributed by atoms with Crippen molar-refractivity contribution in [2.75, 3.05) is 32.8 Å². The number of guanidine groups is 1. The van der Waals surface area contributed by atoms with E-state index in [1.807, 2.05) is 13.8 Å². The molecule has 1 aliphatic rings. The molecule has 1 saturated heterocycles. The van der Waals surface area contributed by atoms with Crippen LogP contribution in [0.5, 0.6) is 0 Å². The summed E-state index contributed by atoms with van der Waals surface area (Å²) in [5.41, 5.74) is 4.64. The predicted octanol–water partition coefficient (Wildman–Crippen LogP) is 3.80. The van der Waals surface area contributed by atoms with Crippen LogP contribution in [-0.4, -0.2) is 48.8 Å². The third kappa shape index (κ3) is 5.47. The number of ether oxygens (including phenoxy) is 1. The van der Waals surface area contributed by atoms with E-state index in [9.17, 15) is 0 Å². The van der Waals surface area contributed by atoms with Crippen LogP contribution in [-0.2, 0) is 11.2 Å². The zero-order valence-corrected chi connectivity index (χ0v) is 19.5. The van der Waals surface area contributed by atoms with Gasteiger partial charge in [-0.15, -0.1) is 24.0 Å². The first kappa shape index (κ1) is 22.7. The predicted molar refractivity (Wildman–Crippen MR) is 123 cm³/mol. The van der Waals surface area contributed by atoms with Gasteiger partial charge >= 0.3 is 0 Å². The van der Waals surface area contributed by atoms with Crippen molar-refractivity contribution < 1.29 is 9.26 Å². The Bertz CT molecular complexity index is 771. The molecular weight excluding hydrogens is 467 g/mol. The van der Waals surface area contributed by atoms with Crippen LogP contribution in [0.1, 0.15) is 41.2 Å². The number of aliphatic imine (C=N–C) groups is 1. The molecule has 0 spiro atoms. The van der Waals surface area contributed by atoms with E-state index in [1.165, 1.54) is 11.1 Å². The molecule has 0 radical (unpaired) electrons. The highest BCUT2D eigenvalue weighted by Crippen LogP contribution is 2.25. The van der Waals surface area contributed by atoms with Gasteiger partial charge in [0.2, 0.25) is 0 Å². The molecular formula is C21H31IN4O2. The fourth-order valence-electron chi connectivity index (χ4n) is 3.54. The van der Waals surface area contributed by atoms with E-state index in [4.69, 9.17) is 14.3 Å². The van der Waals surface area contributed by atoms with Gasteiger partial charge in [0.25, 0.3) is 0 Å². The minimum Gasteiger partial charge on any atom is -0.370 e. The highest BCUT2D eigenvalue weighted by atomic mass is 127. The standard InChI is InChI=1S/C21H30N4O2.HI/c1-5-22-21(23-11-10-19-16(3)24-27-17(19)4)25-12-13-26-20(14-25)18-9-7-6-8-15(18)2;/h6-9,20H,5,10-14H2,1-4H3,(H,22,23);1H. The minimum absolute atomic E-state index is 0. The van der Waals surface area contributed by atoms with Crippen molar-refractivity contribution in [2.45, 2.75) is 40.2 Å². The summed E-state index contributed by atoms with van der Waals surface area (Å²) < 4.78 is 11.3. The number of benzene rings is 1. The maximum atomic E-state index is 6.05. The summed E-state index contributed by atoms with van der Waals surface area (Å²) in [7, 11) is 0. The summed E-state index contributed by atoms with van der Waals surface area (Å²) in [6, 6.07) is 8.44. The van der Waals surface area contributed by atoms with E-state index >= 15 is 0 Å². The quantitative estimate of drug-likeness (QED) is 0.386. The Morgan fingerprint density at radius 1 is 1.29 bits per heavy atom. The van der Waals surface area contributed by atoms with E-state index in [-0.39, 0.29) is 30.1 Å². The number of morpholine rings is 1. The van der Waals surface area contributed by atoms with Gasteiger partial charge < -0.3 is 19.5 Å². The van der Waals surface area contributed by atoms with Crippen LogP contribution in [0, 0.1) is 20.8 Å². The average molecular weight is 498 g/mol. The van der Waals surface area contributed by atoms with Crippen molar-refractivity contribution in [1.82, 2.24) is 15.4 Å². The Labute approximate surface area is 184 Å². The number of nitrogens with zero attached hydrogens (tertiary/aromatic N) is 3. The fraction of sp³-hybridized carbons (Fsp3) is 0.524. The van der Waals surface area contributed by atoms with Crippen molar-refractivity contribution >= 4 is 29.9 Å². The summed E-state index contributed by atoms with van der Waals surface area (Å²) in [4.78, 5) is 7.15. The van der Waals surface area contributed by atoms with Crippen LogP contribution < -0.4 is 5.32 Å². The summed E-state index contributed by atoms with van der Waals surface area (Å²) in [6.07, 6.45) is 0.910. The molecule has 28 heavy (non-hydrogen) atoms. The second-order valence-electron chi connectivity index (χ2n) is 6.95. The lowest BCUT2D eigenvalue weighted by atomic mass is 10.0. The third-order valence-electron chi connectivity index (χ3n) is 5.04. The zero-order chi connectivity index (χ0) is 19.2. The highest BCUT2D eigenvalue weighted by molar-refractivity contribution is 14.0. The summed E-state index contributed by atoms with van der Waals surface area (Å²) in [5, 5.41) is 7.46. The molecule has 2 aromatic rings. The minimum atomic E-state index is 0. The molecule has 0 bridgehead atoms. The molecule has 1 N–H and O–H groups in total. The van der Waals surface area contributed by atoms with E-state index in [0.29, 0.717) is 13.2 Å². The van der Waals surface area contributed by atoms with Crippen molar-refractivity contribution in [1.29, 1.82) is 0 Å². The first-order chi connectivity index (χ1) is 13.1. The Hall–Kier alpha value is -1.61. The molecule has 0 amide bonds. The summed E-state index contributed by atoms with van der Waals surface area (Å²) >= 11 is 0. The van der Waals surface area contributed by atoms with Crippen LogP contribution in [0.2, 0.25) is 0 Å². The molecule has 1 aliphatic heterocycles. The van der Waals surface area contributed by atoms with E-state index in [2.05, 4.69) is 53.5 Å². The van der Waals surface area contributed by atoms with Gasteiger partial charge in [-0.25, -0.2) is 0 Å². The van der Waals surface area contributed by atoms with E-state index in [0.717, 1.165) is 49.0 Å². The third-order valence-corrected chi connectivity index (χ3v) is 5.04. The van der Waals surface area contributed by atoms with Crippen molar-refractivity contribution in [2.24, 2.45) is 4.99 Å². The fourth-order valence-corrected chi connectivity index (χ4v) is 3.54. The number of nitrogens with one attached hydrogen (secondary N) is 1. The Kier molecular flexibility index (Phi) is 8.75. The average Bonchev–Trinajstić information content (AvgIpc) is 3.00. The van der Waals surface area contributed by atoms with Crippen molar-refractivity contribution in [3.05, 3.63) is 52.4 Å². The molecule has 1 aromatic heterocycles. The summed E-state index contributed by atoms with van der Waals surface area (Å²) in [5.74, 6) is 1.84. The number of hydrogen-bond donors (Lipinski definition) is 1. The monoisotopic (exact) mass is 498 g/mol. The van der Waals surface area contributed by atoms with Crippen LogP contribution in [0.25, 0.3) is 0 Å². The lowest BCUT2D eigenvalue weighted by molar-refractivity contribution is -0.00832. The smallest absolute Gasteiger partial charge is 0.194 e. The molecule has 6 nitrogen and oxygen atoms in total. The van der Waals surface area contributed by atoms with Gasteiger partial charge in [-0.05, 0) is 45.2 Å². The van der Waals surface area contributed by atoms with Crippen LogP contribution in [0.15, 0.2) is 33.8 Å². The molecule has 1 fully saturated rings. The number of aryl methyl sites for hydroxylation is 3. The maximum Gasteiger partial charge on any atom is 0.194 e. The summed E-state index contributed by atoms with van der Waals surface area (Å²) in [6.45, 7) is 12.1. The molecule has 1 unspecified atom stereocenters. The first-order valence-electron chi connectivity index (χ1n) is 9.72. The lowest BCUT2D eigenvalue weighted by Gasteiger charge is -2.35. The Morgan fingerprint density at radius 2 is 2.07 bits per heavy atom. The van der Waals surface area contributed by atoms with Gasteiger partial charge in [-0.3, -0.25) is 4.99 Å². The SMILES string of the molecule is CCNC(=NCCc1c(C)noc1C)N1CCOC(c2ccccc2C)C1.I. The largest absolute Gasteiger partial charge is 0.370 e. The number of rotatable bonds is 5. The van der Waals surface area contributed by atoms with Crippen molar-refractivity contribution in [3.8, 4) is 0 Å². The van der Waals surface area contributed by atoms with Gasteiger partial charge in [0.05, 0.1) is 18.8 Å². The molecule has 154 valence electrons. The van der Waals surface area contributed by atoms with Gasteiger partial charge in [-0.1, -0.05) is 29.4 Å². The molecule has 1 atom stereocenters. The van der Waals surface area contributed by atoms with Gasteiger partial charge in [0, 0.05) is 25.2 Å². The maximum absolute atomic E-state index is 6.05. The number of halogens is 1. The number of hydrogen-bond acceptors (Lipinski definition) is 4. The Morgan fingerprint density at radius 3 is 2.75 bits per heavy atom. The second kappa shape index (κ2) is 10.8. The molecule has 0 saturated carbocycles. The van der Waals surface area contributed by atoms with Crippen LogP contribution >= 0.6 is 24.0 Å². The molecule has 1 aromatic carbocycles. The van der Waals surface area contributed by atoms with E-state index < -0.39 is 0 Å². The zero-order valence-electron chi connectivity index (χ0n) is 17.2. The molecule has 2 heterocycles. The highest BCUT2D eigenvalue weighted by Gasteiger charge is 2.25. The second-order valence-corrected chi connectivity index (χ2v) is 6.95. The molecule has 7 heteroatoms. The van der Waals surface area contributed by atoms with Gasteiger partial charge in [-0.2, -0.15) is 0 Å². The van der Waals surface area contributed by atoms with Gasteiger partial charge in [0.15, 0.2) is 5.96 Å². The van der Waals surface area contributed by atoms with Gasteiger partial charge in [0.1, 0.15) is 11.9 Å². The Balaban J connectivity index is 0.00000280. The number of aromatic nitrogens is 1. The lowest BCUT2D eigenvalue weighted by Crippen LogP contribution is -2.48.